The summed E-state index contributed by atoms with van der Waals surface area (Å²) in [6.45, 7) is 3.08. The molecule has 0 saturated carbocycles. The molecule has 22 heavy (non-hydrogen) atoms. The van der Waals surface area contributed by atoms with E-state index in [1.807, 2.05) is 19.0 Å². The van der Waals surface area contributed by atoms with E-state index in [9.17, 15) is 9.59 Å². The van der Waals surface area contributed by atoms with Crippen LogP contribution in [0, 0.1) is 0 Å². The molecule has 0 fully saturated rings. The van der Waals surface area contributed by atoms with Crippen LogP contribution in [0.1, 0.15) is 12.5 Å². The van der Waals surface area contributed by atoms with Crippen LogP contribution >= 0.6 is 0 Å². The second kappa shape index (κ2) is 9.01. The first-order valence-electron chi connectivity index (χ1n) is 7.09. The quantitative estimate of drug-likeness (QED) is 0.691. The number of hydrogen-bond acceptors (Lipinski definition) is 5. The fourth-order valence-electron chi connectivity index (χ4n) is 1.52. The molecule has 0 aromatic heterocycles. The fraction of sp³-hybridized carbons (Fsp3) is 0.467. The second-order valence-corrected chi connectivity index (χ2v) is 5.28. The van der Waals surface area contributed by atoms with Gasteiger partial charge in [-0.1, -0.05) is 12.1 Å². The van der Waals surface area contributed by atoms with Gasteiger partial charge in [0.15, 0.2) is 0 Å². The smallest absolute Gasteiger partial charge is 0.407 e. The van der Waals surface area contributed by atoms with E-state index in [4.69, 9.17) is 10.5 Å². The van der Waals surface area contributed by atoms with Crippen LogP contribution < -0.4 is 16.4 Å². The van der Waals surface area contributed by atoms with Crippen molar-refractivity contribution in [1.82, 2.24) is 10.2 Å². The van der Waals surface area contributed by atoms with E-state index in [-0.39, 0.29) is 12.5 Å². The Morgan fingerprint density at radius 3 is 2.45 bits per heavy atom. The summed E-state index contributed by atoms with van der Waals surface area (Å²) in [6, 6.07) is 6.48. The Kier molecular flexibility index (Phi) is 7.34. The van der Waals surface area contributed by atoms with Gasteiger partial charge in [-0.05, 0) is 38.7 Å². The first-order valence-corrected chi connectivity index (χ1v) is 7.09. The lowest BCUT2D eigenvalue weighted by Crippen LogP contribution is -2.32. The number of amides is 2. The maximum Gasteiger partial charge on any atom is 0.407 e. The minimum Gasteiger partial charge on any atom is -0.445 e. The van der Waals surface area contributed by atoms with Crippen molar-refractivity contribution in [3.8, 4) is 0 Å². The summed E-state index contributed by atoms with van der Waals surface area (Å²) in [5.74, 6) is -0.246. The number of nitrogens with one attached hydrogen (secondary N) is 2. The van der Waals surface area contributed by atoms with E-state index >= 15 is 0 Å². The van der Waals surface area contributed by atoms with Crippen LogP contribution in [0.25, 0.3) is 0 Å². The van der Waals surface area contributed by atoms with Crippen LogP contribution in [0.3, 0.4) is 0 Å². The van der Waals surface area contributed by atoms with E-state index < -0.39 is 12.1 Å². The Hall–Kier alpha value is -2.12. The standard InChI is InChI=1S/C15H24N4O3/c1-11(16)14(20)18-13-6-4-12(5-7-13)10-22-15(21)17-8-9-19(2)3/h4-7,11H,8-10,16H2,1-3H3,(H,17,21)(H,18,20). The molecule has 1 atom stereocenters. The van der Waals surface area contributed by atoms with Crippen molar-refractivity contribution in [3.63, 3.8) is 0 Å². The number of nitrogens with zero attached hydrogens (tertiary/aromatic N) is 1. The van der Waals surface area contributed by atoms with Gasteiger partial charge >= 0.3 is 6.09 Å². The Labute approximate surface area is 130 Å². The predicted molar refractivity (Wildman–Crippen MR) is 85.5 cm³/mol. The van der Waals surface area contributed by atoms with E-state index in [2.05, 4.69) is 10.6 Å². The van der Waals surface area contributed by atoms with Gasteiger partial charge in [-0.25, -0.2) is 4.79 Å². The molecular formula is C15H24N4O3. The zero-order chi connectivity index (χ0) is 16.5. The highest BCUT2D eigenvalue weighted by atomic mass is 16.5. The molecule has 122 valence electrons. The Balaban J connectivity index is 2.35. The van der Waals surface area contributed by atoms with Crippen LogP contribution in [-0.4, -0.2) is 50.1 Å². The van der Waals surface area contributed by atoms with Gasteiger partial charge in [0, 0.05) is 18.8 Å². The highest BCUT2D eigenvalue weighted by molar-refractivity contribution is 5.94. The Morgan fingerprint density at radius 1 is 1.27 bits per heavy atom. The lowest BCUT2D eigenvalue weighted by atomic mass is 10.2. The van der Waals surface area contributed by atoms with E-state index in [0.717, 1.165) is 12.1 Å². The van der Waals surface area contributed by atoms with E-state index in [1.165, 1.54) is 0 Å². The number of benzene rings is 1. The van der Waals surface area contributed by atoms with Crippen molar-refractivity contribution >= 4 is 17.7 Å². The summed E-state index contributed by atoms with van der Waals surface area (Å²) < 4.78 is 5.09. The summed E-state index contributed by atoms with van der Waals surface area (Å²) in [5.41, 5.74) is 6.96. The topological polar surface area (TPSA) is 96.7 Å². The third kappa shape index (κ3) is 7.05. The maximum absolute atomic E-state index is 11.5. The molecule has 0 radical (unpaired) electrons. The molecule has 2 amide bonds. The van der Waals surface area contributed by atoms with Gasteiger partial charge in [0.25, 0.3) is 0 Å². The number of ether oxygens (including phenoxy) is 1. The second-order valence-electron chi connectivity index (χ2n) is 5.28. The molecule has 7 heteroatoms. The van der Waals surface area contributed by atoms with Gasteiger partial charge in [0.1, 0.15) is 6.61 Å². The van der Waals surface area contributed by atoms with Crippen molar-refractivity contribution in [3.05, 3.63) is 29.8 Å². The molecule has 0 aliphatic carbocycles. The molecule has 0 aliphatic heterocycles. The molecule has 1 unspecified atom stereocenters. The maximum atomic E-state index is 11.5. The molecule has 4 N–H and O–H groups in total. The molecule has 1 aromatic rings. The molecule has 7 nitrogen and oxygen atoms in total. The highest BCUT2D eigenvalue weighted by Gasteiger charge is 2.07. The minimum absolute atomic E-state index is 0.176. The summed E-state index contributed by atoms with van der Waals surface area (Å²) in [4.78, 5) is 24.9. The van der Waals surface area contributed by atoms with Gasteiger partial charge in [-0.2, -0.15) is 0 Å². The summed E-state index contributed by atoms with van der Waals surface area (Å²) in [7, 11) is 3.86. The molecule has 0 spiro atoms. The predicted octanol–water partition coefficient (Wildman–Crippen LogP) is 0.760. The lowest BCUT2D eigenvalue weighted by Gasteiger charge is -2.11. The lowest BCUT2D eigenvalue weighted by molar-refractivity contribution is -0.117. The normalized spacial score (nSPS) is 11.9. The van der Waals surface area contributed by atoms with E-state index in [0.29, 0.717) is 12.2 Å². The number of likely N-dealkylation sites (N-methyl/N-ethyl adjacent to an activating group) is 1. The van der Waals surface area contributed by atoms with E-state index in [1.54, 1.807) is 31.2 Å². The monoisotopic (exact) mass is 308 g/mol. The largest absolute Gasteiger partial charge is 0.445 e. The van der Waals surface area contributed by atoms with Crippen molar-refractivity contribution in [2.75, 3.05) is 32.5 Å². The number of nitrogens with two attached hydrogens (primary N) is 1. The Morgan fingerprint density at radius 2 is 1.91 bits per heavy atom. The average Bonchev–Trinajstić information content (AvgIpc) is 2.46. The minimum atomic E-state index is -0.561. The third-order valence-electron chi connectivity index (χ3n) is 2.83. The third-order valence-corrected chi connectivity index (χ3v) is 2.83. The van der Waals surface area contributed by atoms with Gasteiger partial charge in [0.2, 0.25) is 5.91 Å². The molecule has 0 aliphatic rings. The van der Waals surface area contributed by atoms with Crippen molar-refractivity contribution in [1.29, 1.82) is 0 Å². The van der Waals surface area contributed by atoms with Gasteiger partial charge < -0.3 is 26.0 Å². The average molecular weight is 308 g/mol. The van der Waals surface area contributed by atoms with Gasteiger partial charge in [0.05, 0.1) is 6.04 Å². The SMILES string of the molecule is CC(N)C(=O)Nc1ccc(COC(=O)NCCN(C)C)cc1. The van der Waals surface area contributed by atoms with Crippen molar-refractivity contribution in [2.45, 2.75) is 19.6 Å². The number of carbonyl (C=O) groups excluding carboxylic acids is 2. The molecule has 0 saturated heterocycles. The van der Waals surface area contributed by atoms with Crippen LogP contribution in [-0.2, 0) is 16.1 Å². The zero-order valence-corrected chi connectivity index (χ0v) is 13.3. The summed E-state index contributed by atoms with van der Waals surface area (Å²) in [5, 5.41) is 5.34. The first-order chi connectivity index (χ1) is 10.4. The molecule has 0 bridgehead atoms. The number of alkyl carbamates (subject to hydrolysis) is 1. The first kappa shape index (κ1) is 17.9. The number of hydrogen-bond donors (Lipinski definition) is 3. The van der Waals surface area contributed by atoms with Crippen LogP contribution in [0.4, 0.5) is 10.5 Å². The van der Waals surface area contributed by atoms with Crippen LogP contribution in [0.2, 0.25) is 0 Å². The van der Waals surface area contributed by atoms with Gasteiger partial charge in [-0.15, -0.1) is 0 Å². The molecule has 1 rings (SSSR count). The highest BCUT2D eigenvalue weighted by Crippen LogP contribution is 2.10. The van der Waals surface area contributed by atoms with Crippen LogP contribution in [0.5, 0.6) is 0 Å². The summed E-state index contributed by atoms with van der Waals surface area (Å²) >= 11 is 0. The van der Waals surface area contributed by atoms with Crippen molar-refractivity contribution < 1.29 is 14.3 Å². The molecular weight excluding hydrogens is 284 g/mol. The number of anilines is 1. The number of carbonyl (C=O) groups is 2. The number of rotatable bonds is 7. The van der Waals surface area contributed by atoms with Crippen LogP contribution in [0.15, 0.2) is 24.3 Å². The fourth-order valence-corrected chi connectivity index (χ4v) is 1.52. The summed E-state index contributed by atoms with van der Waals surface area (Å²) in [6.07, 6.45) is -0.448. The zero-order valence-electron chi connectivity index (χ0n) is 13.3. The Bertz CT molecular complexity index is 486. The molecule has 0 heterocycles. The van der Waals surface area contributed by atoms with Gasteiger partial charge in [-0.3, -0.25) is 4.79 Å². The molecule has 1 aromatic carbocycles. The van der Waals surface area contributed by atoms with Crippen molar-refractivity contribution in [2.24, 2.45) is 5.73 Å².